The van der Waals surface area contributed by atoms with Crippen LogP contribution in [0.25, 0.3) is 0 Å². The number of ether oxygens (including phenoxy) is 2. The Bertz CT molecular complexity index is 554. The van der Waals surface area contributed by atoms with Crippen LogP contribution in [0.1, 0.15) is 19.8 Å². The predicted octanol–water partition coefficient (Wildman–Crippen LogP) is 0.897. The smallest absolute Gasteiger partial charge is 0.241 e. The van der Waals surface area contributed by atoms with Gasteiger partial charge in [-0.3, -0.25) is 0 Å². The van der Waals surface area contributed by atoms with Crippen molar-refractivity contribution < 1.29 is 23.0 Å². The average molecular weight is 301 g/mol. The van der Waals surface area contributed by atoms with Crippen LogP contribution in [0.3, 0.4) is 0 Å². The molecule has 0 aliphatic carbocycles. The lowest BCUT2D eigenvalue weighted by Gasteiger charge is -2.15. The Morgan fingerprint density at radius 3 is 2.65 bits per heavy atom. The highest BCUT2D eigenvalue weighted by molar-refractivity contribution is 7.89. The van der Waals surface area contributed by atoms with Gasteiger partial charge in [-0.05, 0) is 18.6 Å². The van der Waals surface area contributed by atoms with E-state index in [1.807, 2.05) is 0 Å². The zero-order valence-corrected chi connectivity index (χ0v) is 12.1. The second-order valence-electron chi connectivity index (χ2n) is 4.57. The lowest BCUT2D eigenvalue weighted by Crippen LogP contribution is -2.36. The summed E-state index contributed by atoms with van der Waals surface area (Å²) < 4.78 is 37.8. The zero-order valence-electron chi connectivity index (χ0n) is 11.3. The summed E-state index contributed by atoms with van der Waals surface area (Å²) in [5, 5.41) is 9.09. The Morgan fingerprint density at radius 2 is 2.00 bits per heavy atom. The fraction of sp³-hybridized carbons (Fsp3) is 0.538. The van der Waals surface area contributed by atoms with Crippen LogP contribution >= 0.6 is 0 Å². The number of rotatable bonds is 5. The molecule has 112 valence electrons. The highest BCUT2D eigenvalue weighted by Crippen LogP contribution is 2.31. The van der Waals surface area contributed by atoms with E-state index >= 15 is 0 Å². The molecular formula is C13H19NO5S. The molecule has 2 rings (SSSR count). The van der Waals surface area contributed by atoms with E-state index in [1.54, 1.807) is 13.0 Å². The normalized spacial score (nSPS) is 16.5. The first-order valence-electron chi connectivity index (χ1n) is 6.59. The summed E-state index contributed by atoms with van der Waals surface area (Å²) in [6.45, 7) is 2.62. The molecule has 0 saturated heterocycles. The number of aliphatic hydroxyl groups is 1. The number of benzene rings is 1. The lowest BCUT2D eigenvalue weighted by atomic mass is 10.3. The molecule has 1 aliphatic rings. The monoisotopic (exact) mass is 301 g/mol. The van der Waals surface area contributed by atoms with Crippen molar-refractivity contribution in [2.24, 2.45) is 0 Å². The van der Waals surface area contributed by atoms with E-state index in [0.717, 1.165) is 6.42 Å². The highest BCUT2D eigenvalue weighted by atomic mass is 32.2. The molecule has 20 heavy (non-hydrogen) atoms. The van der Waals surface area contributed by atoms with Crippen LogP contribution in [0.2, 0.25) is 0 Å². The number of aliphatic hydroxyl groups excluding tert-OH is 1. The molecule has 1 aromatic rings. The second-order valence-corrected chi connectivity index (χ2v) is 6.28. The molecular weight excluding hydrogens is 282 g/mol. The van der Waals surface area contributed by atoms with E-state index < -0.39 is 16.1 Å². The fourth-order valence-corrected chi connectivity index (χ4v) is 3.17. The largest absolute Gasteiger partial charge is 0.490 e. The van der Waals surface area contributed by atoms with Gasteiger partial charge in [0.15, 0.2) is 11.5 Å². The molecule has 0 aromatic heterocycles. The molecule has 1 atom stereocenters. The van der Waals surface area contributed by atoms with Gasteiger partial charge < -0.3 is 14.6 Å². The van der Waals surface area contributed by atoms with E-state index in [9.17, 15) is 8.42 Å². The van der Waals surface area contributed by atoms with E-state index in [2.05, 4.69) is 4.72 Å². The van der Waals surface area contributed by atoms with Crippen molar-refractivity contribution in [2.75, 3.05) is 19.8 Å². The van der Waals surface area contributed by atoms with Crippen molar-refractivity contribution >= 4 is 10.0 Å². The van der Waals surface area contributed by atoms with Gasteiger partial charge in [0.05, 0.1) is 24.7 Å². The molecule has 0 spiro atoms. The van der Waals surface area contributed by atoms with Crippen molar-refractivity contribution in [2.45, 2.75) is 30.7 Å². The highest BCUT2D eigenvalue weighted by Gasteiger charge is 2.21. The fourth-order valence-electron chi connectivity index (χ4n) is 1.85. The summed E-state index contributed by atoms with van der Waals surface area (Å²) in [6, 6.07) is 4.03. The average Bonchev–Trinajstić information content (AvgIpc) is 2.69. The summed E-state index contributed by atoms with van der Waals surface area (Å²) in [6.07, 6.45) is 1.28. The summed E-state index contributed by atoms with van der Waals surface area (Å²) in [4.78, 5) is 0.105. The van der Waals surface area contributed by atoms with Gasteiger partial charge in [-0.1, -0.05) is 6.92 Å². The molecule has 7 heteroatoms. The minimum absolute atomic E-state index is 0.105. The number of hydrogen-bond donors (Lipinski definition) is 2. The third kappa shape index (κ3) is 3.41. The van der Waals surface area contributed by atoms with Gasteiger partial charge in [0.1, 0.15) is 0 Å². The molecule has 0 amide bonds. The van der Waals surface area contributed by atoms with Gasteiger partial charge in [0, 0.05) is 18.5 Å². The van der Waals surface area contributed by atoms with E-state index in [4.69, 9.17) is 14.6 Å². The third-order valence-corrected chi connectivity index (χ3v) is 4.58. The molecule has 6 nitrogen and oxygen atoms in total. The Kier molecular flexibility index (Phi) is 4.85. The number of hydrogen-bond acceptors (Lipinski definition) is 5. The Balaban J connectivity index is 2.26. The number of nitrogens with one attached hydrogen (secondary N) is 1. The van der Waals surface area contributed by atoms with Crippen molar-refractivity contribution in [3.63, 3.8) is 0 Å². The SMILES string of the molecule is CCC(CO)NS(=O)(=O)c1ccc2c(c1)OCCCO2. The lowest BCUT2D eigenvalue weighted by molar-refractivity contribution is 0.254. The van der Waals surface area contributed by atoms with Gasteiger partial charge in [-0.25, -0.2) is 13.1 Å². The van der Waals surface area contributed by atoms with Crippen LogP contribution in [-0.2, 0) is 10.0 Å². The van der Waals surface area contributed by atoms with Gasteiger partial charge in [-0.2, -0.15) is 0 Å². The van der Waals surface area contributed by atoms with Gasteiger partial charge in [-0.15, -0.1) is 0 Å². The summed E-state index contributed by atoms with van der Waals surface area (Å²) in [5.41, 5.74) is 0. The van der Waals surface area contributed by atoms with Crippen molar-refractivity contribution in [1.29, 1.82) is 0 Å². The maximum absolute atomic E-state index is 12.2. The molecule has 1 aromatic carbocycles. The Labute approximate surface area is 118 Å². The maximum atomic E-state index is 12.2. The topological polar surface area (TPSA) is 84.9 Å². The van der Waals surface area contributed by atoms with Crippen molar-refractivity contribution in [1.82, 2.24) is 4.72 Å². The first kappa shape index (κ1) is 15.1. The summed E-state index contributed by atoms with van der Waals surface area (Å²) >= 11 is 0. The van der Waals surface area contributed by atoms with Crippen LogP contribution in [0.15, 0.2) is 23.1 Å². The molecule has 2 N–H and O–H groups in total. The van der Waals surface area contributed by atoms with Gasteiger partial charge in [0.25, 0.3) is 0 Å². The third-order valence-electron chi connectivity index (χ3n) is 3.06. The minimum Gasteiger partial charge on any atom is -0.490 e. The van der Waals surface area contributed by atoms with Crippen LogP contribution < -0.4 is 14.2 Å². The van der Waals surface area contributed by atoms with Crippen LogP contribution in [0.4, 0.5) is 0 Å². The molecule has 1 unspecified atom stereocenters. The number of fused-ring (bicyclic) bond motifs is 1. The van der Waals surface area contributed by atoms with Crippen LogP contribution in [-0.4, -0.2) is 39.4 Å². The Hall–Kier alpha value is -1.31. The number of sulfonamides is 1. The van der Waals surface area contributed by atoms with Gasteiger partial charge in [0.2, 0.25) is 10.0 Å². The predicted molar refractivity (Wildman–Crippen MR) is 73.5 cm³/mol. The standard InChI is InChI=1S/C13H19NO5S/c1-2-10(9-15)14-20(16,17)11-4-5-12-13(8-11)19-7-3-6-18-12/h4-5,8,10,14-15H,2-3,6-7,9H2,1H3. The summed E-state index contributed by atoms with van der Waals surface area (Å²) in [7, 11) is -3.67. The maximum Gasteiger partial charge on any atom is 0.241 e. The molecule has 0 radical (unpaired) electrons. The quantitative estimate of drug-likeness (QED) is 0.844. The van der Waals surface area contributed by atoms with Crippen molar-refractivity contribution in [3.8, 4) is 11.5 Å². The summed E-state index contributed by atoms with van der Waals surface area (Å²) in [5.74, 6) is 0.984. The first-order valence-corrected chi connectivity index (χ1v) is 8.08. The molecule has 0 bridgehead atoms. The Morgan fingerprint density at radius 1 is 1.30 bits per heavy atom. The van der Waals surface area contributed by atoms with Crippen LogP contribution in [0, 0.1) is 0 Å². The van der Waals surface area contributed by atoms with E-state index in [1.165, 1.54) is 12.1 Å². The molecule has 0 saturated carbocycles. The zero-order chi connectivity index (χ0) is 14.6. The first-order chi connectivity index (χ1) is 9.56. The van der Waals surface area contributed by atoms with E-state index in [0.29, 0.717) is 31.1 Å². The van der Waals surface area contributed by atoms with Crippen molar-refractivity contribution in [3.05, 3.63) is 18.2 Å². The van der Waals surface area contributed by atoms with E-state index in [-0.39, 0.29) is 11.5 Å². The molecule has 0 fully saturated rings. The second kappa shape index (κ2) is 6.43. The molecule has 1 aliphatic heterocycles. The minimum atomic E-state index is -3.67. The molecule has 1 heterocycles. The van der Waals surface area contributed by atoms with Crippen LogP contribution in [0.5, 0.6) is 11.5 Å². The van der Waals surface area contributed by atoms with Gasteiger partial charge >= 0.3 is 0 Å².